The minimum Gasteiger partial charge on any atom is -0.352 e. The largest absolute Gasteiger partial charge is 0.352 e. The van der Waals surface area contributed by atoms with E-state index in [2.05, 4.69) is 20.6 Å². The van der Waals surface area contributed by atoms with Crippen LogP contribution in [0.2, 0.25) is 0 Å². The summed E-state index contributed by atoms with van der Waals surface area (Å²) in [7, 11) is 0. The number of aromatic nitrogens is 2. The second kappa shape index (κ2) is 8.07. The van der Waals surface area contributed by atoms with Gasteiger partial charge < -0.3 is 15.6 Å². The van der Waals surface area contributed by atoms with Gasteiger partial charge in [-0.05, 0) is 49.9 Å². The molecule has 1 amide bonds. The Morgan fingerprint density at radius 1 is 1.32 bits per heavy atom. The Morgan fingerprint density at radius 2 is 2.12 bits per heavy atom. The minimum absolute atomic E-state index is 0.102. The van der Waals surface area contributed by atoms with Crippen molar-refractivity contribution in [1.82, 2.24) is 20.6 Å². The van der Waals surface area contributed by atoms with E-state index in [1.807, 2.05) is 24.3 Å². The van der Waals surface area contributed by atoms with Gasteiger partial charge in [0.25, 0.3) is 11.5 Å². The van der Waals surface area contributed by atoms with Crippen LogP contribution in [-0.2, 0) is 6.42 Å². The number of piperidine rings is 1. The van der Waals surface area contributed by atoms with E-state index < -0.39 is 0 Å². The number of carbonyl (C=O) groups is 1. The zero-order chi connectivity index (χ0) is 17.6. The number of H-pyrrole nitrogens is 1. The molecule has 1 aliphatic rings. The fraction of sp³-hybridized carbons (Fsp3) is 0.421. The van der Waals surface area contributed by atoms with E-state index in [4.69, 9.17) is 0 Å². The normalized spacial score (nSPS) is 17.2. The lowest BCUT2D eigenvalue weighted by Gasteiger charge is -2.23. The molecule has 1 saturated heterocycles. The summed E-state index contributed by atoms with van der Waals surface area (Å²) in [5.41, 5.74) is 2.46. The summed E-state index contributed by atoms with van der Waals surface area (Å²) in [6.45, 7) is 4.29. The molecule has 1 fully saturated rings. The highest BCUT2D eigenvalue weighted by Gasteiger charge is 2.15. The number of nitrogens with one attached hydrogen (secondary N) is 3. The average Bonchev–Trinajstić information content (AvgIpc) is 2.62. The molecule has 0 saturated carbocycles. The van der Waals surface area contributed by atoms with E-state index in [1.165, 1.54) is 24.5 Å². The molecule has 0 unspecified atom stereocenters. The number of aryl methyl sites for hydroxylation is 1. The van der Waals surface area contributed by atoms with Crippen molar-refractivity contribution in [2.45, 2.75) is 32.1 Å². The number of benzene rings is 1. The summed E-state index contributed by atoms with van der Waals surface area (Å²) in [5.74, 6) is 1.02. The summed E-state index contributed by atoms with van der Waals surface area (Å²) in [5, 5.41) is 6.29. The number of hydrogen-bond acceptors (Lipinski definition) is 4. The number of carbonyl (C=O) groups excluding carboxylic acids is 1. The highest BCUT2D eigenvalue weighted by molar-refractivity contribution is 5.94. The summed E-state index contributed by atoms with van der Waals surface area (Å²) in [4.78, 5) is 30.5. The smallest absolute Gasteiger partial charge is 0.251 e. The molecule has 0 bridgehead atoms. The molecule has 0 spiro atoms. The van der Waals surface area contributed by atoms with Gasteiger partial charge >= 0.3 is 0 Å². The van der Waals surface area contributed by atoms with Crippen molar-refractivity contribution in [3.8, 4) is 0 Å². The average molecular weight is 340 g/mol. The molecule has 25 heavy (non-hydrogen) atoms. The quantitative estimate of drug-likeness (QED) is 0.770. The summed E-state index contributed by atoms with van der Waals surface area (Å²) >= 11 is 0. The Bertz CT molecular complexity index is 777. The van der Waals surface area contributed by atoms with Crippen LogP contribution in [0.15, 0.2) is 35.1 Å². The van der Waals surface area contributed by atoms with Crippen molar-refractivity contribution in [2.24, 2.45) is 0 Å². The third-order valence-corrected chi connectivity index (χ3v) is 4.52. The lowest BCUT2D eigenvalue weighted by Crippen LogP contribution is -2.28. The second-order valence-electron chi connectivity index (χ2n) is 6.49. The van der Waals surface area contributed by atoms with Crippen molar-refractivity contribution in [2.75, 3.05) is 19.6 Å². The number of hydrogen-bond donors (Lipinski definition) is 3. The monoisotopic (exact) mass is 340 g/mol. The Morgan fingerprint density at radius 3 is 2.80 bits per heavy atom. The lowest BCUT2D eigenvalue weighted by molar-refractivity contribution is 0.0954. The molecule has 1 atom stereocenters. The van der Waals surface area contributed by atoms with Crippen molar-refractivity contribution in [3.63, 3.8) is 0 Å². The molecular formula is C19H24N4O2. The molecule has 2 heterocycles. The predicted molar refractivity (Wildman–Crippen MR) is 96.9 cm³/mol. The van der Waals surface area contributed by atoms with E-state index >= 15 is 0 Å². The molecule has 1 aromatic heterocycles. The molecule has 6 nitrogen and oxygen atoms in total. The fourth-order valence-corrected chi connectivity index (χ4v) is 3.22. The molecule has 132 valence electrons. The van der Waals surface area contributed by atoms with Crippen LogP contribution in [0.4, 0.5) is 0 Å². The van der Waals surface area contributed by atoms with Crippen LogP contribution < -0.4 is 16.2 Å². The van der Waals surface area contributed by atoms with Gasteiger partial charge in [-0.3, -0.25) is 9.59 Å². The number of aromatic amines is 1. The first-order chi connectivity index (χ1) is 12.1. The SMILES string of the molecule is Cc1nc(CCNC(=O)c2ccc([C@@H]3CCCNC3)cc2)cc(=O)[nH]1. The third kappa shape index (κ3) is 4.76. The van der Waals surface area contributed by atoms with Crippen LogP contribution in [0.25, 0.3) is 0 Å². The Kier molecular flexibility index (Phi) is 5.60. The van der Waals surface area contributed by atoms with Crippen LogP contribution >= 0.6 is 0 Å². The molecule has 3 N–H and O–H groups in total. The molecule has 3 rings (SSSR count). The number of rotatable bonds is 5. The highest BCUT2D eigenvalue weighted by Crippen LogP contribution is 2.23. The molecule has 2 aromatic rings. The Labute approximate surface area is 147 Å². The maximum atomic E-state index is 12.2. The summed E-state index contributed by atoms with van der Waals surface area (Å²) in [6, 6.07) is 9.33. The van der Waals surface area contributed by atoms with E-state index in [9.17, 15) is 9.59 Å². The topological polar surface area (TPSA) is 86.9 Å². The maximum Gasteiger partial charge on any atom is 0.251 e. The molecule has 6 heteroatoms. The Balaban J connectivity index is 1.53. The van der Waals surface area contributed by atoms with Crippen LogP contribution in [0.5, 0.6) is 0 Å². The molecule has 0 aliphatic carbocycles. The van der Waals surface area contributed by atoms with Crippen molar-refractivity contribution in [3.05, 3.63) is 63.3 Å². The zero-order valence-electron chi connectivity index (χ0n) is 14.5. The van der Waals surface area contributed by atoms with E-state index in [0.29, 0.717) is 36.0 Å². The minimum atomic E-state index is -0.165. The first kappa shape index (κ1) is 17.4. The van der Waals surface area contributed by atoms with E-state index in [0.717, 1.165) is 13.1 Å². The number of amides is 1. The van der Waals surface area contributed by atoms with Crippen LogP contribution in [-0.4, -0.2) is 35.5 Å². The van der Waals surface area contributed by atoms with E-state index in [-0.39, 0.29) is 11.5 Å². The first-order valence-electron chi connectivity index (χ1n) is 8.77. The van der Waals surface area contributed by atoms with Crippen molar-refractivity contribution in [1.29, 1.82) is 0 Å². The maximum absolute atomic E-state index is 12.2. The van der Waals surface area contributed by atoms with Gasteiger partial charge in [-0.15, -0.1) is 0 Å². The zero-order valence-corrected chi connectivity index (χ0v) is 14.5. The van der Waals surface area contributed by atoms with Crippen LogP contribution in [0.3, 0.4) is 0 Å². The van der Waals surface area contributed by atoms with Crippen molar-refractivity contribution < 1.29 is 4.79 Å². The van der Waals surface area contributed by atoms with Gasteiger partial charge in [0.05, 0.1) is 0 Å². The Hall–Kier alpha value is -2.47. The van der Waals surface area contributed by atoms with Gasteiger partial charge in [-0.25, -0.2) is 4.98 Å². The number of nitrogens with zero attached hydrogens (tertiary/aromatic N) is 1. The van der Waals surface area contributed by atoms with Gasteiger partial charge in [0.15, 0.2) is 0 Å². The van der Waals surface area contributed by atoms with Gasteiger partial charge in [-0.1, -0.05) is 12.1 Å². The van der Waals surface area contributed by atoms with Gasteiger partial charge in [0.1, 0.15) is 5.82 Å². The first-order valence-corrected chi connectivity index (χ1v) is 8.77. The molecule has 1 aliphatic heterocycles. The van der Waals surface area contributed by atoms with Gasteiger partial charge in [0, 0.05) is 36.8 Å². The summed E-state index contributed by atoms with van der Waals surface area (Å²) in [6.07, 6.45) is 2.92. The van der Waals surface area contributed by atoms with Crippen LogP contribution in [0.1, 0.15) is 46.2 Å². The third-order valence-electron chi connectivity index (χ3n) is 4.52. The lowest BCUT2D eigenvalue weighted by atomic mass is 9.91. The highest BCUT2D eigenvalue weighted by atomic mass is 16.1. The van der Waals surface area contributed by atoms with Crippen molar-refractivity contribution >= 4 is 5.91 Å². The predicted octanol–water partition coefficient (Wildman–Crippen LogP) is 1.52. The van der Waals surface area contributed by atoms with Crippen LogP contribution in [0, 0.1) is 6.92 Å². The fourth-order valence-electron chi connectivity index (χ4n) is 3.22. The second-order valence-corrected chi connectivity index (χ2v) is 6.49. The summed E-state index contributed by atoms with van der Waals surface area (Å²) < 4.78 is 0. The standard InChI is InChI=1S/C19H24N4O2/c1-13-22-17(11-18(24)23-13)8-10-21-19(25)15-6-4-14(5-7-15)16-3-2-9-20-12-16/h4-7,11,16,20H,2-3,8-10,12H2,1H3,(H,21,25)(H,22,23,24)/t16-/m1/s1. The molecule has 1 aromatic carbocycles. The molecular weight excluding hydrogens is 316 g/mol. The van der Waals surface area contributed by atoms with E-state index in [1.54, 1.807) is 6.92 Å². The molecule has 0 radical (unpaired) electrons. The van der Waals surface area contributed by atoms with Gasteiger partial charge in [0.2, 0.25) is 0 Å². The van der Waals surface area contributed by atoms with Gasteiger partial charge in [-0.2, -0.15) is 0 Å².